The first-order chi connectivity index (χ1) is 13.5. The van der Waals surface area contributed by atoms with Crippen LogP contribution in [-0.4, -0.2) is 18.9 Å². The van der Waals surface area contributed by atoms with Crippen molar-refractivity contribution in [2.45, 2.75) is 0 Å². The highest BCUT2D eigenvalue weighted by Crippen LogP contribution is 2.17. The van der Waals surface area contributed by atoms with Crippen LogP contribution in [-0.2, 0) is 4.79 Å². The minimum Gasteiger partial charge on any atom is -0.497 e. The van der Waals surface area contributed by atoms with Gasteiger partial charge in [0, 0.05) is 10.7 Å². The van der Waals surface area contributed by atoms with E-state index in [-0.39, 0.29) is 11.5 Å². The lowest BCUT2D eigenvalue weighted by atomic mass is 10.1. The number of halogens is 1. The second kappa shape index (κ2) is 8.92. The van der Waals surface area contributed by atoms with Gasteiger partial charge < -0.3 is 19.8 Å². The number of furan rings is 1. The zero-order valence-corrected chi connectivity index (χ0v) is 15.7. The van der Waals surface area contributed by atoms with Crippen molar-refractivity contribution >= 4 is 35.2 Å². The van der Waals surface area contributed by atoms with E-state index in [0.717, 1.165) is 0 Å². The number of amides is 2. The van der Waals surface area contributed by atoms with E-state index >= 15 is 0 Å². The van der Waals surface area contributed by atoms with Gasteiger partial charge in [-0.05, 0) is 60.2 Å². The van der Waals surface area contributed by atoms with Crippen LogP contribution in [0.2, 0.25) is 5.02 Å². The van der Waals surface area contributed by atoms with Crippen molar-refractivity contribution in [3.63, 3.8) is 0 Å². The molecule has 0 aliphatic carbocycles. The van der Waals surface area contributed by atoms with Crippen LogP contribution in [0.1, 0.15) is 16.1 Å². The van der Waals surface area contributed by atoms with Gasteiger partial charge in [0.05, 0.1) is 13.4 Å². The molecule has 1 heterocycles. The standard InChI is InChI=1S/C21H17ClN2O4/c1-27-17-10-4-14(5-11-17)13-18(24-21(26)19-3-2-12-28-19)20(25)23-16-8-6-15(22)7-9-16/h2-13H,1H3,(H,23,25)(H,24,26)/b18-13+. The van der Waals surface area contributed by atoms with Crippen molar-refractivity contribution in [3.8, 4) is 5.75 Å². The van der Waals surface area contributed by atoms with Gasteiger partial charge in [-0.2, -0.15) is 0 Å². The van der Waals surface area contributed by atoms with Gasteiger partial charge in [0.25, 0.3) is 11.8 Å². The van der Waals surface area contributed by atoms with Gasteiger partial charge in [0.2, 0.25) is 0 Å². The van der Waals surface area contributed by atoms with Crippen molar-refractivity contribution in [3.05, 3.63) is 89.0 Å². The molecule has 0 spiro atoms. The van der Waals surface area contributed by atoms with Gasteiger partial charge in [-0.1, -0.05) is 23.7 Å². The predicted octanol–water partition coefficient (Wildman–Crippen LogP) is 4.35. The summed E-state index contributed by atoms with van der Waals surface area (Å²) < 4.78 is 10.2. The number of carbonyl (C=O) groups is 2. The van der Waals surface area contributed by atoms with Crippen LogP contribution >= 0.6 is 11.6 Å². The topological polar surface area (TPSA) is 80.6 Å². The molecule has 2 aromatic carbocycles. The lowest BCUT2D eigenvalue weighted by molar-refractivity contribution is -0.113. The van der Waals surface area contributed by atoms with E-state index in [2.05, 4.69) is 10.6 Å². The summed E-state index contributed by atoms with van der Waals surface area (Å²) in [6.07, 6.45) is 2.95. The highest BCUT2D eigenvalue weighted by molar-refractivity contribution is 6.30. The third-order valence-corrected chi connectivity index (χ3v) is 4.02. The summed E-state index contributed by atoms with van der Waals surface area (Å²) in [7, 11) is 1.57. The molecule has 0 unspecified atom stereocenters. The number of benzene rings is 2. The average Bonchev–Trinajstić information content (AvgIpc) is 3.25. The average molecular weight is 397 g/mol. The number of methoxy groups -OCH3 is 1. The van der Waals surface area contributed by atoms with Crippen LogP contribution in [0.4, 0.5) is 5.69 Å². The van der Waals surface area contributed by atoms with Crippen LogP contribution in [0.5, 0.6) is 5.75 Å². The molecule has 3 rings (SSSR count). The number of hydrogen-bond donors (Lipinski definition) is 2. The Labute approximate surface area is 166 Å². The Morgan fingerprint density at radius 1 is 1.04 bits per heavy atom. The number of ether oxygens (including phenoxy) is 1. The normalized spacial score (nSPS) is 11.0. The Kier molecular flexibility index (Phi) is 6.14. The van der Waals surface area contributed by atoms with E-state index in [4.69, 9.17) is 20.8 Å². The Morgan fingerprint density at radius 2 is 1.75 bits per heavy atom. The van der Waals surface area contributed by atoms with Crippen molar-refractivity contribution < 1.29 is 18.7 Å². The Bertz CT molecular complexity index is 978. The minimum atomic E-state index is -0.531. The van der Waals surface area contributed by atoms with Gasteiger partial charge in [-0.25, -0.2) is 0 Å². The maximum absolute atomic E-state index is 12.7. The molecule has 0 radical (unpaired) electrons. The first kappa shape index (κ1) is 19.3. The quantitative estimate of drug-likeness (QED) is 0.607. The lowest BCUT2D eigenvalue weighted by Crippen LogP contribution is -2.30. The number of rotatable bonds is 6. The van der Waals surface area contributed by atoms with E-state index in [1.54, 1.807) is 67.8 Å². The van der Waals surface area contributed by atoms with Crippen LogP contribution in [0, 0.1) is 0 Å². The second-order valence-electron chi connectivity index (χ2n) is 5.72. The van der Waals surface area contributed by atoms with Crippen molar-refractivity contribution in [1.82, 2.24) is 5.32 Å². The molecule has 1 aromatic heterocycles. The first-order valence-electron chi connectivity index (χ1n) is 8.32. The molecule has 0 aliphatic rings. The van der Waals surface area contributed by atoms with Gasteiger partial charge in [-0.15, -0.1) is 0 Å². The molecule has 28 heavy (non-hydrogen) atoms. The van der Waals surface area contributed by atoms with E-state index in [1.165, 1.54) is 12.3 Å². The van der Waals surface area contributed by atoms with E-state index < -0.39 is 11.8 Å². The van der Waals surface area contributed by atoms with Crippen LogP contribution < -0.4 is 15.4 Å². The highest BCUT2D eigenvalue weighted by Gasteiger charge is 2.16. The highest BCUT2D eigenvalue weighted by atomic mass is 35.5. The first-order valence-corrected chi connectivity index (χ1v) is 8.70. The molecular weight excluding hydrogens is 380 g/mol. The minimum absolute atomic E-state index is 0.0570. The fourth-order valence-electron chi connectivity index (χ4n) is 2.35. The molecule has 0 atom stereocenters. The lowest BCUT2D eigenvalue weighted by Gasteiger charge is -2.11. The van der Waals surface area contributed by atoms with Gasteiger partial charge in [-0.3, -0.25) is 9.59 Å². The molecule has 142 valence electrons. The van der Waals surface area contributed by atoms with Crippen molar-refractivity contribution in [2.24, 2.45) is 0 Å². The van der Waals surface area contributed by atoms with Crippen LogP contribution in [0.25, 0.3) is 6.08 Å². The van der Waals surface area contributed by atoms with Gasteiger partial charge in [0.15, 0.2) is 5.76 Å². The smallest absolute Gasteiger partial charge is 0.291 e. The van der Waals surface area contributed by atoms with Crippen LogP contribution in [0.3, 0.4) is 0 Å². The largest absolute Gasteiger partial charge is 0.497 e. The summed E-state index contributed by atoms with van der Waals surface area (Å²) in [6.45, 7) is 0. The van der Waals surface area contributed by atoms with Crippen molar-refractivity contribution in [1.29, 1.82) is 0 Å². The molecule has 2 N–H and O–H groups in total. The number of hydrogen-bond acceptors (Lipinski definition) is 4. The summed E-state index contributed by atoms with van der Waals surface area (Å²) in [5, 5.41) is 5.87. The fraction of sp³-hybridized carbons (Fsp3) is 0.0476. The number of nitrogens with one attached hydrogen (secondary N) is 2. The number of carbonyl (C=O) groups excluding carboxylic acids is 2. The molecule has 0 fully saturated rings. The van der Waals surface area contributed by atoms with E-state index in [1.807, 2.05) is 0 Å². The summed E-state index contributed by atoms with van der Waals surface area (Å²) >= 11 is 5.87. The molecule has 0 saturated carbocycles. The molecule has 3 aromatic rings. The van der Waals surface area contributed by atoms with Crippen molar-refractivity contribution in [2.75, 3.05) is 12.4 Å². The van der Waals surface area contributed by atoms with E-state index in [9.17, 15) is 9.59 Å². The molecule has 0 saturated heterocycles. The predicted molar refractivity (Wildman–Crippen MR) is 107 cm³/mol. The molecule has 6 nitrogen and oxygen atoms in total. The Morgan fingerprint density at radius 3 is 2.36 bits per heavy atom. The zero-order chi connectivity index (χ0) is 19.9. The molecule has 2 amide bonds. The summed E-state index contributed by atoms with van der Waals surface area (Å²) in [5.41, 5.74) is 1.31. The maximum Gasteiger partial charge on any atom is 0.291 e. The monoisotopic (exact) mass is 396 g/mol. The Hall–Kier alpha value is -3.51. The molecule has 7 heteroatoms. The molecular formula is C21H17ClN2O4. The zero-order valence-electron chi connectivity index (χ0n) is 14.9. The summed E-state index contributed by atoms with van der Waals surface area (Å²) in [4.78, 5) is 25.1. The third-order valence-electron chi connectivity index (χ3n) is 3.77. The number of anilines is 1. The maximum atomic E-state index is 12.7. The Balaban J connectivity index is 1.85. The summed E-state index contributed by atoms with van der Waals surface area (Å²) in [5.74, 6) is -0.238. The van der Waals surface area contributed by atoms with E-state index in [0.29, 0.717) is 22.0 Å². The van der Waals surface area contributed by atoms with Gasteiger partial charge >= 0.3 is 0 Å². The summed E-state index contributed by atoms with van der Waals surface area (Å²) in [6, 6.07) is 16.8. The third kappa shape index (κ3) is 5.02. The van der Waals surface area contributed by atoms with Gasteiger partial charge in [0.1, 0.15) is 11.4 Å². The van der Waals surface area contributed by atoms with Crippen LogP contribution in [0.15, 0.2) is 77.0 Å². The second-order valence-corrected chi connectivity index (χ2v) is 6.16. The molecule has 0 bridgehead atoms. The fourth-order valence-corrected chi connectivity index (χ4v) is 2.47. The SMILES string of the molecule is COc1ccc(/C=C(/NC(=O)c2ccco2)C(=O)Nc2ccc(Cl)cc2)cc1. The molecule has 0 aliphatic heterocycles.